The van der Waals surface area contributed by atoms with Crippen LogP contribution in [0.25, 0.3) is 5.76 Å². The van der Waals surface area contributed by atoms with Crippen molar-refractivity contribution < 1.29 is 19.4 Å². The summed E-state index contributed by atoms with van der Waals surface area (Å²) >= 11 is 0. The van der Waals surface area contributed by atoms with Crippen molar-refractivity contribution in [2.45, 2.75) is 39.2 Å². The third-order valence-electron chi connectivity index (χ3n) is 6.23. The van der Waals surface area contributed by atoms with Gasteiger partial charge in [0, 0.05) is 18.7 Å². The monoisotopic (exact) mass is 476 g/mol. The maximum atomic E-state index is 13.2. The first-order valence-corrected chi connectivity index (χ1v) is 11.8. The molecule has 1 amide bonds. The van der Waals surface area contributed by atoms with Gasteiger partial charge in [-0.15, -0.1) is 0 Å². The fourth-order valence-corrected chi connectivity index (χ4v) is 4.19. The lowest BCUT2D eigenvalue weighted by Gasteiger charge is -2.27. The number of carbonyl (C=O) groups is 2. The number of aryl methyl sites for hydroxylation is 1. The van der Waals surface area contributed by atoms with Crippen LogP contribution in [0.5, 0.6) is 5.75 Å². The first kappa shape index (κ1) is 26.2. The Morgan fingerprint density at radius 2 is 1.80 bits per heavy atom. The van der Waals surface area contributed by atoms with Crippen molar-refractivity contribution in [3.8, 4) is 5.75 Å². The Bertz CT molecular complexity index is 1140. The SMILES string of the molecule is C=CCOc1ccc(C(O)=C2C(=O)C(=O)N(CCN(C)C)[C@H]2c2ccc(C(C)(C)C)cc2)cc1C. The summed E-state index contributed by atoms with van der Waals surface area (Å²) in [5.41, 5.74) is 3.30. The van der Waals surface area contributed by atoms with Gasteiger partial charge in [-0.1, -0.05) is 57.7 Å². The van der Waals surface area contributed by atoms with Crippen LogP contribution in [-0.2, 0) is 15.0 Å². The summed E-state index contributed by atoms with van der Waals surface area (Å²) in [6.07, 6.45) is 1.66. The van der Waals surface area contributed by atoms with E-state index < -0.39 is 17.7 Å². The lowest BCUT2D eigenvalue weighted by Crippen LogP contribution is -2.35. The van der Waals surface area contributed by atoms with E-state index in [9.17, 15) is 14.7 Å². The molecule has 1 fully saturated rings. The van der Waals surface area contributed by atoms with Gasteiger partial charge in [0.05, 0.1) is 11.6 Å². The van der Waals surface area contributed by atoms with Gasteiger partial charge in [-0.2, -0.15) is 0 Å². The number of ketones is 1. The number of Topliss-reactive ketones (excluding diaryl/α,β-unsaturated/α-hetero) is 1. The van der Waals surface area contributed by atoms with Crippen molar-refractivity contribution in [3.63, 3.8) is 0 Å². The molecule has 0 saturated carbocycles. The minimum Gasteiger partial charge on any atom is -0.507 e. The average molecular weight is 477 g/mol. The quantitative estimate of drug-likeness (QED) is 0.256. The standard InChI is InChI=1S/C29H36N2O4/c1-8-17-35-23-14-11-21(18-19(23)2)26(32)24-25(20-9-12-22(13-10-20)29(3,4)5)31(16-15-30(6)7)28(34)27(24)33/h8-14,18,25,32H,1,15-17H2,2-7H3/t25-/m0/s1. The van der Waals surface area contributed by atoms with Crippen LogP contribution >= 0.6 is 0 Å². The van der Waals surface area contributed by atoms with Gasteiger partial charge >= 0.3 is 0 Å². The lowest BCUT2D eigenvalue weighted by molar-refractivity contribution is -0.140. The fraction of sp³-hybridized carbons (Fsp3) is 0.379. The lowest BCUT2D eigenvalue weighted by atomic mass is 9.85. The van der Waals surface area contributed by atoms with Gasteiger partial charge in [0.2, 0.25) is 0 Å². The topological polar surface area (TPSA) is 70.1 Å². The van der Waals surface area contributed by atoms with Gasteiger partial charge in [0.25, 0.3) is 11.7 Å². The van der Waals surface area contributed by atoms with Crippen LogP contribution in [0.3, 0.4) is 0 Å². The number of carbonyl (C=O) groups excluding carboxylic acids is 2. The van der Waals surface area contributed by atoms with Gasteiger partial charge in [-0.05, 0) is 61.3 Å². The Kier molecular flexibility index (Phi) is 7.86. The molecule has 1 aliphatic heterocycles. The molecule has 3 rings (SSSR count). The van der Waals surface area contributed by atoms with Crippen LogP contribution in [0.15, 0.2) is 60.7 Å². The third kappa shape index (κ3) is 5.65. The fourth-order valence-electron chi connectivity index (χ4n) is 4.19. The normalized spacial score (nSPS) is 17.8. The zero-order valence-electron chi connectivity index (χ0n) is 21.6. The Hall–Kier alpha value is -3.38. The van der Waals surface area contributed by atoms with Crippen molar-refractivity contribution in [3.05, 3.63) is 82.9 Å². The first-order valence-electron chi connectivity index (χ1n) is 11.8. The molecule has 1 aliphatic rings. The molecular formula is C29H36N2O4. The van der Waals surface area contributed by atoms with E-state index in [4.69, 9.17) is 4.74 Å². The molecule has 1 N–H and O–H groups in total. The second kappa shape index (κ2) is 10.5. The molecule has 0 radical (unpaired) electrons. The molecule has 0 bridgehead atoms. The molecule has 6 heteroatoms. The second-order valence-electron chi connectivity index (χ2n) is 10.2. The number of ether oxygens (including phenoxy) is 1. The van der Waals surface area contributed by atoms with Crippen LogP contribution in [0, 0.1) is 6.92 Å². The highest BCUT2D eigenvalue weighted by molar-refractivity contribution is 6.46. The summed E-state index contributed by atoms with van der Waals surface area (Å²) < 4.78 is 5.64. The number of amides is 1. The molecule has 1 atom stereocenters. The van der Waals surface area contributed by atoms with Crippen molar-refractivity contribution in [2.24, 2.45) is 0 Å². The number of aliphatic hydroxyl groups is 1. The summed E-state index contributed by atoms with van der Waals surface area (Å²) in [6, 6.07) is 12.5. The Labute approximate surface area is 208 Å². The molecule has 0 aliphatic carbocycles. The average Bonchev–Trinajstić information content (AvgIpc) is 3.05. The van der Waals surface area contributed by atoms with E-state index in [2.05, 4.69) is 27.4 Å². The van der Waals surface area contributed by atoms with Gasteiger partial charge < -0.3 is 19.6 Å². The molecule has 1 saturated heterocycles. The van der Waals surface area contributed by atoms with Crippen molar-refractivity contribution in [1.29, 1.82) is 0 Å². The molecule has 0 aromatic heterocycles. The number of benzene rings is 2. The number of hydrogen-bond acceptors (Lipinski definition) is 5. The van der Waals surface area contributed by atoms with Gasteiger partial charge in [0.1, 0.15) is 18.1 Å². The number of likely N-dealkylation sites (tertiary alicyclic amines) is 1. The maximum absolute atomic E-state index is 13.2. The zero-order valence-corrected chi connectivity index (χ0v) is 21.6. The molecule has 6 nitrogen and oxygen atoms in total. The third-order valence-corrected chi connectivity index (χ3v) is 6.23. The number of nitrogens with zero attached hydrogens (tertiary/aromatic N) is 2. The molecular weight excluding hydrogens is 440 g/mol. The van der Waals surface area contributed by atoms with E-state index in [-0.39, 0.29) is 16.7 Å². The Balaban J connectivity index is 2.11. The molecule has 35 heavy (non-hydrogen) atoms. The summed E-state index contributed by atoms with van der Waals surface area (Å²) in [5, 5.41) is 11.3. The van der Waals surface area contributed by atoms with Gasteiger partial charge in [-0.3, -0.25) is 9.59 Å². The molecule has 2 aromatic carbocycles. The van der Waals surface area contributed by atoms with Crippen LogP contribution < -0.4 is 4.74 Å². The summed E-state index contributed by atoms with van der Waals surface area (Å²) in [4.78, 5) is 29.8. The molecule has 0 spiro atoms. The zero-order chi connectivity index (χ0) is 25.9. The minimum absolute atomic E-state index is 0.0296. The molecule has 2 aromatic rings. The van der Waals surface area contributed by atoms with E-state index in [1.165, 1.54) is 0 Å². The van der Waals surface area contributed by atoms with Crippen molar-refractivity contribution >= 4 is 17.4 Å². The largest absolute Gasteiger partial charge is 0.507 e. The van der Waals surface area contributed by atoms with E-state index in [1.54, 1.807) is 29.2 Å². The maximum Gasteiger partial charge on any atom is 0.295 e. The van der Waals surface area contributed by atoms with E-state index in [0.717, 1.165) is 16.7 Å². The number of rotatable bonds is 8. The van der Waals surface area contributed by atoms with Gasteiger partial charge in [0.15, 0.2) is 0 Å². The predicted molar refractivity (Wildman–Crippen MR) is 140 cm³/mol. The predicted octanol–water partition coefficient (Wildman–Crippen LogP) is 4.84. The van der Waals surface area contributed by atoms with E-state index >= 15 is 0 Å². The summed E-state index contributed by atoms with van der Waals surface area (Å²) in [7, 11) is 3.84. The molecule has 0 unspecified atom stereocenters. The number of hydrogen-bond donors (Lipinski definition) is 1. The molecule has 186 valence electrons. The first-order chi connectivity index (χ1) is 16.5. The van der Waals surface area contributed by atoms with Crippen LogP contribution in [0.2, 0.25) is 0 Å². The van der Waals surface area contributed by atoms with Crippen molar-refractivity contribution in [1.82, 2.24) is 9.80 Å². The summed E-state index contributed by atoms with van der Waals surface area (Å²) in [5.74, 6) is -0.780. The van der Waals surface area contributed by atoms with Crippen molar-refractivity contribution in [2.75, 3.05) is 33.8 Å². The molecule has 1 heterocycles. The number of aliphatic hydroxyl groups excluding tert-OH is 1. The summed E-state index contributed by atoms with van der Waals surface area (Å²) in [6.45, 7) is 13.3. The van der Waals surface area contributed by atoms with Crippen LogP contribution in [-0.4, -0.2) is 60.4 Å². The van der Waals surface area contributed by atoms with Crippen LogP contribution in [0.1, 0.15) is 49.1 Å². The van der Waals surface area contributed by atoms with E-state index in [1.807, 2.05) is 50.2 Å². The second-order valence-corrected chi connectivity index (χ2v) is 10.2. The highest BCUT2D eigenvalue weighted by atomic mass is 16.5. The van der Waals surface area contributed by atoms with Crippen LogP contribution in [0.4, 0.5) is 0 Å². The highest BCUT2D eigenvalue weighted by Gasteiger charge is 2.46. The van der Waals surface area contributed by atoms with E-state index in [0.29, 0.717) is 31.0 Å². The number of likely N-dealkylation sites (N-methyl/N-ethyl adjacent to an activating group) is 1. The smallest absolute Gasteiger partial charge is 0.295 e. The Morgan fingerprint density at radius 1 is 1.14 bits per heavy atom. The minimum atomic E-state index is -0.671. The van der Waals surface area contributed by atoms with Gasteiger partial charge in [-0.25, -0.2) is 0 Å². The highest BCUT2D eigenvalue weighted by Crippen LogP contribution is 2.40. The Morgan fingerprint density at radius 3 is 2.34 bits per heavy atom.